The van der Waals surface area contributed by atoms with Crippen molar-refractivity contribution in [2.45, 2.75) is 18.1 Å². The zero-order chi connectivity index (χ0) is 21.6. The normalized spacial score (nSPS) is 23.4. The van der Waals surface area contributed by atoms with E-state index >= 15 is 0 Å². The van der Waals surface area contributed by atoms with Gasteiger partial charge < -0.3 is 19.8 Å². The molecule has 0 saturated carbocycles. The lowest BCUT2D eigenvalue weighted by molar-refractivity contribution is -0.160. The standard InChI is InChI=1S/C23H26FN3O4/c24-19-4-2-1-3-18(19)22(30)26-11-17-12-31-8-7-27(17)23(15-26)13-25(14-23)10-16-5-6-20(28)21(29)9-16/h1-6,9,17,28-29H,7-8,10-15H2/t17-/m1/s1. The number of amides is 1. The molecular formula is C23H26FN3O4. The zero-order valence-electron chi connectivity index (χ0n) is 17.2. The molecule has 0 unspecified atom stereocenters. The summed E-state index contributed by atoms with van der Waals surface area (Å²) in [7, 11) is 0. The number of hydrogen-bond donors (Lipinski definition) is 2. The highest BCUT2D eigenvalue weighted by molar-refractivity contribution is 5.94. The molecule has 2 aromatic rings. The van der Waals surface area contributed by atoms with Crippen LogP contribution in [0, 0.1) is 5.82 Å². The molecule has 0 bridgehead atoms. The number of morpholine rings is 1. The molecule has 31 heavy (non-hydrogen) atoms. The average molecular weight is 427 g/mol. The molecule has 0 radical (unpaired) electrons. The van der Waals surface area contributed by atoms with Gasteiger partial charge in [-0.25, -0.2) is 4.39 Å². The molecule has 3 fully saturated rings. The SMILES string of the molecule is O=C(c1ccccc1F)N1C[C@@H]2COCCN2C2(CN(Cc3ccc(O)c(O)c3)C2)C1. The molecule has 3 aliphatic heterocycles. The smallest absolute Gasteiger partial charge is 0.256 e. The third-order valence-electron chi connectivity index (χ3n) is 6.63. The Labute approximate surface area is 180 Å². The van der Waals surface area contributed by atoms with Gasteiger partial charge in [0.25, 0.3) is 5.91 Å². The number of nitrogens with zero attached hydrogens (tertiary/aromatic N) is 3. The van der Waals surface area contributed by atoms with Crippen LogP contribution in [0.3, 0.4) is 0 Å². The third-order valence-corrected chi connectivity index (χ3v) is 6.63. The summed E-state index contributed by atoms with van der Waals surface area (Å²) in [5.41, 5.74) is 0.837. The van der Waals surface area contributed by atoms with E-state index in [0.717, 1.165) is 25.2 Å². The van der Waals surface area contributed by atoms with Crippen molar-refractivity contribution < 1.29 is 24.1 Å². The van der Waals surface area contributed by atoms with Gasteiger partial charge in [-0.1, -0.05) is 18.2 Å². The maximum Gasteiger partial charge on any atom is 0.256 e. The molecule has 3 aliphatic rings. The van der Waals surface area contributed by atoms with E-state index in [1.165, 1.54) is 12.1 Å². The number of hydrogen-bond acceptors (Lipinski definition) is 6. The fourth-order valence-corrected chi connectivity index (χ4v) is 5.26. The van der Waals surface area contributed by atoms with Crippen LogP contribution >= 0.6 is 0 Å². The Morgan fingerprint density at radius 2 is 1.94 bits per heavy atom. The second-order valence-corrected chi connectivity index (χ2v) is 8.78. The quantitative estimate of drug-likeness (QED) is 0.726. The fourth-order valence-electron chi connectivity index (χ4n) is 5.26. The summed E-state index contributed by atoms with van der Waals surface area (Å²) >= 11 is 0. The van der Waals surface area contributed by atoms with Crippen LogP contribution < -0.4 is 0 Å². The number of halogens is 1. The van der Waals surface area contributed by atoms with Crippen LogP contribution in [-0.2, 0) is 11.3 Å². The third kappa shape index (κ3) is 3.64. The molecule has 3 saturated heterocycles. The molecule has 1 amide bonds. The number of ether oxygens (including phenoxy) is 1. The van der Waals surface area contributed by atoms with E-state index in [-0.39, 0.29) is 34.6 Å². The predicted octanol–water partition coefficient (Wildman–Crippen LogP) is 1.65. The molecular weight excluding hydrogens is 401 g/mol. The minimum Gasteiger partial charge on any atom is -0.504 e. The van der Waals surface area contributed by atoms with Gasteiger partial charge in [-0.2, -0.15) is 0 Å². The van der Waals surface area contributed by atoms with Crippen LogP contribution in [0.5, 0.6) is 11.5 Å². The van der Waals surface area contributed by atoms with Crippen LogP contribution in [0.1, 0.15) is 15.9 Å². The first-order valence-electron chi connectivity index (χ1n) is 10.6. The first-order chi connectivity index (χ1) is 14.9. The second-order valence-electron chi connectivity index (χ2n) is 8.78. The molecule has 0 aliphatic carbocycles. The van der Waals surface area contributed by atoms with Crippen molar-refractivity contribution in [2.24, 2.45) is 0 Å². The zero-order valence-corrected chi connectivity index (χ0v) is 17.2. The van der Waals surface area contributed by atoms with E-state index in [9.17, 15) is 19.4 Å². The first-order valence-corrected chi connectivity index (χ1v) is 10.6. The van der Waals surface area contributed by atoms with Gasteiger partial charge in [-0.15, -0.1) is 0 Å². The lowest BCUT2D eigenvalue weighted by atomic mass is 9.82. The van der Waals surface area contributed by atoms with Crippen molar-refractivity contribution in [3.8, 4) is 11.5 Å². The van der Waals surface area contributed by atoms with Crippen molar-refractivity contribution >= 4 is 5.91 Å². The number of rotatable bonds is 3. The van der Waals surface area contributed by atoms with Crippen molar-refractivity contribution in [3.63, 3.8) is 0 Å². The number of fused-ring (bicyclic) bond motifs is 2. The Bertz CT molecular complexity index is 995. The number of aromatic hydroxyl groups is 2. The van der Waals surface area contributed by atoms with Gasteiger partial charge in [-0.05, 0) is 29.8 Å². The highest BCUT2D eigenvalue weighted by Gasteiger charge is 2.54. The topological polar surface area (TPSA) is 76.5 Å². The summed E-state index contributed by atoms with van der Waals surface area (Å²) in [5, 5.41) is 19.3. The maximum absolute atomic E-state index is 14.3. The van der Waals surface area contributed by atoms with Crippen molar-refractivity contribution in [3.05, 3.63) is 59.4 Å². The number of benzene rings is 2. The summed E-state index contributed by atoms with van der Waals surface area (Å²) in [6.45, 7) is 5.32. The summed E-state index contributed by atoms with van der Waals surface area (Å²) in [6, 6.07) is 11.1. The summed E-state index contributed by atoms with van der Waals surface area (Å²) in [4.78, 5) is 19.6. The maximum atomic E-state index is 14.3. The monoisotopic (exact) mass is 427 g/mol. The molecule has 0 aromatic heterocycles. The van der Waals surface area contributed by atoms with Gasteiger partial charge >= 0.3 is 0 Å². The van der Waals surface area contributed by atoms with E-state index in [0.29, 0.717) is 32.8 Å². The van der Waals surface area contributed by atoms with Gasteiger partial charge in [0.05, 0.1) is 30.4 Å². The van der Waals surface area contributed by atoms with Crippen LogP contribution in [0.25, 0.3) is 0 Å². The van der Waals surface area contributed by atoms with Crippen LogP contribution in [0.4, 0.5) is 4.39 Å². The second kappa shape index (κ2) is 7.78. The minimum atomic E-state index is -0.494. The predicted molar refractivity (Wildman–Crippen MR) is 111 cm³/mol. The highest BCUT2D eigenvalue weighted by atomic mass is 19.1. The van der Waals surface area contributed by atoms with Gasteiger partial charge in [0.15, 0.2) is 11.5 Å². The Morgan fingerprint density at radius 3 is 2.71 bits per heavy atom. The van der Waals surface area contributed by atoms with Crippen molar-refractivity contribution in [1.82, 2.24) is 14.7 Å². The molecule has 8 heteroatoms. The van der Waals surface area contributed by atoms with E-state index < -0.39 is 5.82 Å². The highest BCUT2D eigenvalue weighted by Crippen LogP contribution is 2.37. The molecule has 1 spiro atoms. The number of piperazine rings is 1. The lowest BCUT2D eigenvalue weighted by Crippen LogP contribution is -2.80. The van der Waals surface area contributed by atoms with E-state index in [1.807, 2.05) is 0 Å². The molecule has 3 heterocycles. The molecule has 5 rings (SSSR count). The number of likely N-dealkylation sites (tertiary alicyclic amines) is 1. The average Bonchev–Trinajstić information content (AvgIpc) is 2.75. The van der Waals surface area contributed by atoms with Crippen LogP contribution in [0.15, 0.2) is 42.5 Å². The first kappa shape index (κ1) is 20.2. The van der Waals surface area contributed by atoms with E-state index in [1.54, 1.807) is 35.2 Å². The number of phenolic OH excluding ortho intramolecular Hbond substituents is 2. The Balaban J connectivity index is 1.34. The number of phenols is 2. The Morgan fingerprint density at radius 1 is 1.13 bits per heavy atom. The van der Waals surface area contributed by atoms with Gasteiger partial charge in [0, 0.05) is 39.3 Å². The van der Waals surface area contributed by atoms with E-state index in [2.05, 4.69) is 9.80 Å². The van der Waals surface area contributed by atoms with Gasteiger partial charge in [0.1, 0.15) is 5.82 Å². The molecule has 1 atom stereocenters. The molecule has 164 valence electrons. The Hall–Kier alpha value is -2.68. The number of carbonyl (C=O) groups is 1. The van der Waals surface area contributed by atoms with Crippen LogP contribution in [-0.4, -0.2) is 88.3 Å². The molecule has 2 aromatic carbocycles. The fraction of sp³-hybridized carbons (Fsp3) is 0.435. The number of carbonyl (C=O) groups excluding carboxylic acids is 1. The summed E-state index contributed by atoms with van der Waals surface area (Å²) in [6.07, 6.45) is 0. The molecule has 7 nitrogen and oxygen atoms in total. The Kier molecular flexibility index (Phi) is 5.08. The van der Waals surface area contributed by atoms with Gasteiger partial charge in [0.2, 0.25) is 0 Å². The van der Waals surface area contributed by atoms with E-state index in [4.69, 9.17) is 4.74 Å². The lowest BCUT2D eigenvalue weighted by Gasteiger charge is -2.63. The minimum absolute atomic E-state index is 0.0955. The van der Waals surface area contributed by atoms with Crippen molar-refractivity contribution in [1.29, 1.82) is 0 Å². The largest absolute Gasteiger partial charge is 0.504 e. The summed E-state index contributed by atoms with van der Waals surface area (Å²) < 4.78 is 19.9. The van der Waals surface area contributed by atoms with Crippen molar-refractivity contribution in [2.75, 3.05) is 45.9 Å². The van der Waals surface area contributed by atoms with Gasteiger partial charge in [-0.3, -0.25) is 14.6 Å². The molecule has 2 N–H and O–H groups in total. The summed E-state index contributed by atoms with van der Waals surface area (Å²) in [5.74, 6) is -1.02. The van der Waals surface area contributed by atoms with Crippen LogP contribution in [0.2, 0.25) is 0 Å².